The number of urea groups is 1. The molecule has 2 saturated heterocycles. The van der Waals surface area contributed by atoms with Crippen molar-refractivity contribution in [2.24, 2.45) is 0 Å². The lowest BCUT2D eigenvalue weighted by atomic mass is 10.0. The maximum Gasteiger partial charge on any atom is 0.320 e. The summed E-state index contributed by atoms with van der Waals surface area (Å²) in [6, 6.07) is 14.5. The highest BCUT2D eigenvalue weighted by molar-refractivity contribution is 5.86. The lowest BCUT2D eigenvalue weighted by Crippen LogP contribution is -2.59. The molecule has 0 spiro atoms. The van der Waals surface area contributed by atoms with E-state index in [1.807, 2.05) is 48.5 Å². The van der Waals surface area contributed by atoms with Gasteiger partial charge in [0, 0.05) is 52.8 Å². The number of nitrogens with zero attached hydrogens (tertiary/aromatic N) is 4. The molecule has 2 N–H and O–H groups in total. The molecule has 2 aromatic carbocycles. The van der Waals surface area contributed by atoms with Crippen molar-refractivity contribution in [1.82, 2.24) is 24.9 Å². The van der Waals surface area contributed by atoms with Gasteiger partial charge in [0.1, 0.15) is 18.0 Å². The van der Waals surface area contributed by atoms with Gasteiger partial charge in [-0.25, -0.2) is 4.79 Å². The molecular formula is C32H41N5O7. The second-order valence-corrected chi connectivity index (χ2v) is 11.6. The molecule has 4 aliphatic rings. The summed E-state index contributed by atoms with van der Waals surface area (Å²) in [7, 11) is 1.71. The first-order valence-electron chi connectivity index (χ1n) is 15.2. The van der Waals surface area contributed by atoms with Crippen LogP contribution in [0.15, 0.2) is 48.5 Å². The number of fused-ring (bicyclic) bond motifs is 9. The Kier molecular flexibility index (Phi) is 10.3. The van der Waals surface area contributed by atoms with Crippen molar-refractivity contribution in [2.45, 2.75) is 44.4 Å². The van der Waals surface area contributed by atoms with Crippen molar-refractivity contribution in [2.75, 3.05) is 59.5 Å². The second-order valence-electron chi connectivity index (χ2n) is 11.6. The maximum atomic E-state index is 13.4. The van der Waals surface area contributed by atoms with E-state index < -0.39 is 6.04 Å². The Morgan fingerprint density at radius 1 is 0.977 bits per heavy atom. The van der Waals surface area contributed by atoms with Gasteiger partial charge in [-0.05, 0) is 54.7 Å². The van der Waals surface area contributed by atoms with E-state index in [0.717, 1.165) is 11.1 Å². The number of hydrogen-bond donors (Lipinski definition) is 2. The average molecular weight is 608 g/mol. The van der Waals surface area contributed by atoms with Gasteiger partial charge in [0.25, 0.3) is 0 Å². The van der Waals surface area contributed by atoms with E-state index in [1.165, 1.54) is 9.80 Å². The van der Waals surface area contributed by atoms with Crippen LogP contribution in [-0.4, -0.2) is 120 Å². The summed E-state index contributed by atoms with van der Waals surface area (Å²) >= 11 is 0. The molecule has 2 fully saturated rings. The van der Waals surface area contributed by atoms with Crippen molar-refractivity contribution in [1.29, 1.82) is 0 Å². The summed E-state index contributed by atoms with van der Waals surface area (Å²) in [6.07, 6.45) is 1.16. The number of amides is 5. The standard InChI is InChI=1S/C32H41N5O7/c1-34-15-16-37(32(34)42)21-31(41)36-14-12-28-27(19-36)33-29(39)20-35(13-3-17-38)30(40)11-8-23-6-9-25(10-7-23)44-26-5-2-4-24(18-26)22-43-28/h2,4-7,9-10,18,27-28,38H,3,8,11-17,19-22H2,1H3,(H,33,39)/t27-,28-/m0/s1. The normalized spacial score (nSPS) is 21.7. The Morgan fingerprint density at radius 3 is 2.55 bits per heavy atom. The highest BCUT2D eigenvalue weighted by atomic mass is 16.5. The van der Waals surface area contributed by atoms with Gasteiger partial charge in [-0.1, -0.05) is 24.3 Å². The third-order valence-corrected chi connectivity index (χ3v) is 8.30. The second kappa shape index (κ2) is 14.5. The molecule has 44 heavy (non-hydrogen) atoms. The summed E-state index contributed by atoms with van der Waals surface area (Å²) in [5.41, 5.74) is 1.87. The smallest absolute Gasteiger partial charge is 0.320 e. The number of rotatable bonds is 5. The largest absolute Gasteiger partial charge is 0.457 e. The number of piperidine rings is 1. The van der Waals surface area contributed by atoms with Crippen molar-refractivity contribution in [3.05, 3.63) is 59.7 Å². The minimum Gasteiger partial charge on any atom is -0.457 e. The molecule has 0 radical (unpaired) electrons. The molecule has 2 atom stereocenters. The van der Waals surface area contributed by atoms with Gasteiger partial charge in [0.05, 0.1) is 25.3 Å². The molecule has 0 unspecified atom stereocenters. The summed E-state index contributed by atoms with van der Waals surface area (Å²) < 4.78 is 12.4. The molecule has 6 rings (SSSR count). The van der Waals surface area contributed by atoms with Gasteiger partial charge in [-0.3, -0.25) is 14.4 Å². The SMILES string of the molecule is CN1CCN(CC(=O)N2CC[C@@H]3OCc4cccc(c4)Oc4ccc(cc4)CCC(=O)N(CCCO)CC(=O)N[C@H]3C2)C1=O. The van der Waals surface area contributed by atoms with Gasteiger partial charge < -0.3 is 39.5 Å². The lowest BCUT2D eigenvalue weighted by Gasteiger charge is -2.39. The quantitative estimate of drug-likeness (QED) is 0.528. The average Bonchev–Trinajstić information content (AvgIpc) is 3.33. The van der Waals surface area contributed by atoms with Crippen molar-refractivity contribution in [3.8, 4) is 11.5 Å². The number of likely N-dealkylation sites (N-methyl/N-ethyl adjacent to an activating group) is 1. The van der Waals surface area contributed by atoms with E-state index in [2.05, 4.69) is 5.32 Å². The van der Waals surface area contributed by atoms with E-state index in [4.69, 9.17) is 9.47 Å². The van der Waals surface area contributed by atoms with Gasteiger partial charge in [0.15, 0.2) is 0 Å². The molecule has 2 aromatic rings. The highest BCUT2D eigenvalue weighted by Crippen LogP contribution is 2.25. The molecule has 12 heteroatoms. The Morgan fingerprint density at radius 2 is 1.80 bits per heavy atom. The fourth-order valence-corrected chi connectivity index (χ4v) is 5.76. The Bertz CT molecular complexity index is 1340. The fraction of sp³-hybridized carbons (Fsp3) is 0.500. The summed E-state index contributed by atoms with van der Waals surface area (Å²) in [5.74, 6) is 0.608. The lowest BCUT2D eigenvalue weighted by molar-refractivity contribution is -0.139. The van der Waals surface area contributed by atoms with Crippen molar-refractivity contribution >= 4 is 23.8 Å². The van der Waals surface area contributed by atoms with E-state index in [0.29, 0.717) is 50.4 Å². The van der Waals surface area contributed by atoms with Crippen molar-refractivity contribution in [3.63, 3.8) is 0 Å². The first kappa shape index (κ1) is 31.3. The number of carbonyl (C=O) groups excluding carboxylic acids is 4. The molecule has 12 nitrogen and oxygen atoms in total. The van der Waals surface area contributed by atoms with Crippen LogP contribution >= 0.6 is 0 Å². The minimum absolute atomic E-state index is 0.0205. The predicted molar refractivity (Wildman–Crippen MR) is 161 cm³/mol. The number of hydrogen-bond acceptors (Lipinski definition) is 7. The topological polar surface area (TPSA) is 132 Å². The van der Waals surface area contributed by atoms with Crippen LogP contribution in [0.5, 0.6) is 11.5 Å². The number of likely N-dealkylation sites (tertiary alicyclic amines) is 1. The van der Waals surface area contributed by atoms with E-state index in [-0.39, 0.29) is 75.7 Å². The zero-order valence-corrected chi connectivity index (χ0v) is 25.2. The monoisotopic (exact) mass is 607 g/mol. The van der Waals surface area contributed by atoms with Gasteiger partial charge in [-0.2, -0.15) is 0 Å². The number of aliphatic hydroxyl groups excluding tert-OH is 1. The molecule has 5 amide bonds. The Balaban J connectivity index is 1.34. The van der Waals surface area contributed by atoms with Crippen LogP contribution in [0, 0.1) is 0 Å². The minimum atomic E-state index is -0.524. The molecule has 4 bridgehead atoms. The number of aryl methyl sites for hydroxylation is 1. The zero-order chi connectivity index (χ0) is 31.1. The van der Waals surface area contributed by atoms with Crippen LogP contribution in [0.3, 0.4) is 0 Å². The van der Waals surface area contributed by atoms with Gasteiger partial charge in [0.2, 0.25) is 17.7 Å². The van der Waals surface area contributed by atoms with Crippen LogP contribution in [0.1, 0.15) is 30.4 Å². The number of nitrogens with one attached hydrogen (secondary N) is 1. The molecule has 0 aliphatic carbocycles. The van der Waals surface area contributed by atoms with Gasteiger partial charge >= 0.3 is 6.03 Å². The third-order valence-electron chi connectivity index (χ3n) is 8.30. The number of carbonyl (C=O) groups is 4. The summed E-state index contributed by atoms with van der Waals surface area (Å²) in [6.45, 7) is 1.94. The maximum absolute atomic E-state index is 13.4. The Labute approximate surface area is 257 Å². The third kappa shape index (κ3) is 8.06. The van der Waals surface area contributed by atoms with E-state index in [1.54, 1.807) is 16.8 Å². The number of benzene rings is 2. The van der Waals surface area contributed by atoms with Crippen LogP contribution in [0.4, 0.5) is 4.79 Å². The number of ether oxygens (including phenoxy) is 2. The number of aliphatic hydroxyl groups is 1. The van der Waals surface area contributed by atoms with Gasteiger partial charge in [-0.15, -0.1) is 0 Å². The van der Waals surface area contributed by atoms with Crippen LogP contribution < -0.4 is 10.1 Å². The van der Waals surface area contributed by atoms with Crippen LogP contribution in [-0.2, 0) is 32.1 Å². The van der Waals surface area contributed by atoms with Crippen molar-refractivity contribution < 1.29 is 33.8 Å². The van der Waals surface area contributed by atoms with E-state index in [9.17, 15) is 24.3 Å². The van der Waals surface area contributed by atoms with E-state index >= 15 is 0 Å². The Hall–Kier alpha value is -4.16. The molecule has 236 valence electrons. The molecular weight excluding hydrogens is 566 g/mol. The first-order valence-corrected chi connectivity index (χ1v) is 15.2. The molecule has 4 heterocycles. The fourth-order valence-electron chi connectivity index (χ4n) is 5.76. The predicted octanol–water partition coefficient (Wildman–Crippen LogP) is 1.61. The molecule has 0 saturated carbocycles. The van der Waals surface area contributed by atoms with Crippen LogP contribution in [0.2, 0.25) is 0 Å². The summed E-state index contributed by atoms with van der Waals surface area (Å²) in [4.78, 5) is 58.4. The molecule has 0 aromatic heterocycles. The van der Waals surface area contributed by atoms with Crippen LogP contribution in [0.25, 0.3) is 0 Å². The zero-order valence-electron chi connectivity index (χ0n) is 25.2. The summed E-state index contributed by atoms with van der Waals surface area (Å²) in [5, 5.41) is 12.4. The molecule has 4 aliphatic heterocycles. The first-order chi connectivity index (χ1) is 21.3. The highest BCUT2D eigenvalue weighted by Gasteiger charge is 2.36.